The lowest BCUT2D eigenvalue weighted by Crippen LogP contribution is -2.22. The Kier molecular flexibility index (Phi) is 5.30. The number of hydrogen-bond acceptors (Lipinski definition) is 4. The number of hydrogen-bond donors (Lipinski definition) is 2. The maximum absolute atomic E-state index is 13.4. The number of amides is 1. The molecular formula is C23H20FNO4S. The molecule has 0 saturated carbocycles. The van der Waals surface area contributed by atoms with Gasteiger partial charge in [-0.05, 0) is 49.2 Å². The van der Waals surface area contributed by atoms with E-state index in [2.05, 4.69) is 5.32 Å². The molecule has 1 aliphatic heterocycles. The molecule has 2 aromatic carbocycles. The number of carboxylic acids is 1. The van der Waals surface area contributed by atoms with E-state index in [0.717, 1.165) is 27.5 Å². The molecular weight excluding hydrogens is 405 g/mol. The van der Waals surface area contributed by atoms with Crippen molar-refractivity contribution in [1.82, 2.24) is 0 Å². The normalized spacial score (nSPS) is 15.6. The summed E-state index contributed by atoms with van der Waals surface area (Å²) in [5.74, 6) is -1.21. The number of halogens is 1. The Morgan fingerprint density at radius 1 is 1.17 bits per heavy atom. The second-order valence-corrected chi connectivity index (χ2v) is 8.45. The lowest BCUT2D eigenvalue weighted by Gasteiger charge is -2.24. The van der Waals surface area contributed by atoms with Crippen LogP contribution in [0, 0.1) is 5.82 Å². The smallest absolute Gasteiger partial charge is 0.346 e. The van der Waals surface area contributed by atoms with E-state index < -0.39 is 11.8 Å². The van der Waals surface area contributed by atoms with Gasteiger partial charge in [0, 0.05) is 22.8 Å². The second-order valence-electron chi connectivity index (χ2n) is 7.40. The highest BCUT2D eigenvalue weighted by molar-refractivity contribution is 7.15. The number of rotatable bonds is 5. The van der Waals surface area contributed by atoms with Crippen LogP contribution in [-0.2, 0) is 4.79 Å². The summed E-state index contributed by atoms with van der Waals surface area (Å²) in [4.78, 5) is 25.4. The lowest BCUT2D eigenvalue weighted by atomic mass is 9.88. The summed E-state index contributed by atoms with van der Waals surface area (Å²) in [6, 6.07) is 13.1. The zero-order valence-corrected chi connectivity index (χ0v) is 17.3. The van der Waals surface area contributed by atoms with Gasteiger partial charge in [0.05, 0.1) is 11.8 Å². The van der Waals surface area contributed by atoms with Gasteiger partial charge in [0.25, 0.3) is 0 Å². The highest BCUT2D eigenvalue weighted by Gasteiger charge is 2.34. The summed E-state index contributed by atoms with van der Waals surface area (Å²) in [6.45, 7) is 3.89. The van der Waals surface area contributed by atoms with Crippen LogP contribution in [0.15, 0.2) is 48.5 Å². The van der Waals surface area contributed by atoms with Crippen LogP contribution in [0.2, 0.25) is 0 Å². The van der Waals surface area contributed by atoms with E-state index in [9.17, 15) is 19.1 Å². The van der Waals surface area contributed by atoms with Gasteiger partial charge in [-0.1, -0.05) is 24.3 Å². The van der Waals surface area contributed by atoms with E-state index in [1.807, 2.05) is 38.1 Å². The number of anilines is 1. The summed E-state index contributed by atoms with van der Waals surface area (Å²) in [5.41, 5.74) is 2.37. The third-order valence-corrected chi connectivity index (χ3v) is 6.18. The van der Waals surface area contributed by atoms with Gasteiger partial charge in [0.15, 0.2) is 0 Å². The van der Waals surface area contributed by atoms with Crippen LogP contribution in [0.4, 0.5) is 10.1 Å². The number of carboxylic acid groups (broad SMARTS) is 1. The minimum absolute atomic E-state index is 0.0524. The molecule has 0 unspecified atom stereocenters. The summed E-state index contributed by atoms with van der Waals surface area (Å²) in [6.07, 6.45) is 0.274. The maximum Gasteiger partial charge on any atom is 0.346 e. The summed E-state index contributed by atoms with van der Waals surface area (Å²) in [7, 11) is 0. The molecule has 1 atom stereocenters. The largest absolute Gasteiger partial charge is 0.491 e. The van der Waals surface area contributed by atoms with Crippen molar-refractivity contribution < 1.29 is 23.8 Å². The molecule has 4 rings (SSSR count). The Bertz CT molecular complexity index is 1100. The highest BCUT2D eigenvalue weighted by Crippen LogP contribution is 2.49. The van der Waals surface area contributed by atoms with Crippen molar-refractivity contribution in [2.75, 3.05) is 5.32 Å². The van der Waals surface area contributed by atoms with Gasteiger partial charge in [-0.25, -0.2) is 9.18 Å². The third kappa shape index (κ3) is 3.80. The molecule has 0 aliphatic carbocycles. The molecule has 1 amide bonds. The number of ether oxygens (including phenoxy) is 1. The van der Waals surface area contributed by atoms with Gasteiger partial charge in [-0.15, -0.1) is 11.3 Å². The van der Waals surface area contributed by atoms with Gasteiger partial charge in [0.1, 0.15) is 16.4 Å². The molecule has 1 aliphatic rings. The fourth-order valence-electron chi connectivity index (χ4n) is 3.65. The second kappa shape index (κ2) is 7.91. The van der Waals surface area contributed by atoms with E-state index in [0.29, 0.717) is 16.8 Å². The first-order chi connectivity index (χ1) is 14.3. The first-order valence-electron chi connectivity index (χ1n) is 9.56. The summed E-state index contributed by atoms with van der Waals surface area (Å²) in [5, 5.41) is 12.6. The molecule has 0 fully saturated rings. The molecule has 30 heavy (non-hydrogen) atoms. The monoisotopic (exact) mass is 425 g/mol. The topological polar surface area (TPSA) is 75.6 Å². The Labute approximate surface area is 177 Å². The molecule has 154 valence electrons. The van der Waals surface area contributed by atoms with E-state index in [1.54, 1.807) is 0 Å². The number of aromatic carboxylic acids is 1. The number of carbonyl (C=O) groups excluding carboxylic acids is 1. The predicted molar refractivity (Wildman–Crippen MR) is 114 cm³/mol. The fourth-order valence-corrected chi connectivity index (χ4v) is 4.90. The molecule has 0 radical (unpaired) electrons. The van der Waals surface area contributed by atoms with Crippen LogP contribution in [0.25, 0.3) is 11.1 Å². The predicted octanol–water partition coefficient (Wildman–Crippen LogP) is 5.51. The van der Waals surface area contributed by atoms with E-state index in [4.69, 9.17) is 4.74 Å². The number of thiophene rings is 1. The van der Waals surface area contributed by atoms with Crippen molar-refractivity contribution in [3.05, 3.63) is 69.7 Å². The summed E-state index contributed by atoms with van der Waals surface area (Å²) < 4.78 is 19.1. The van der Waals surface area contributed by atoms with Crippen molar-refractivity contribution in [1.29, 1.82) is 0 Å². The van der Waals surface area contributed by atoms with Crippen molar-refractivity contribution in [3.63, 3.8) is 0 Å². The van der Waals surface area contributed by atoms with Gasteiger partial charge in [-0.3, -0.25) is 4.79 Å². The molecule has 1 aromatic heterocycles. The van der Waals surface area contributed by atoms with Crippen molar-refractivity contribution in [2.24, 2.45) is 0 Å². The third-order valence-electron chi connectivity index (χ3n) is 4.89. The zero-order valence-electron chi connectivity index (χ0n) is 16.4. The molecule has 2 heterocycles. The molecule has 7 heteroatoms. The number of fused-ring (bicyclic) bond motifs is 1. The van der Waals surface area contributed by atoms with E-state index in [1.165, 1.54) is 24.3 Å². The minimum Gasteiger partial charge on any atom is -0.491 e. The van der Waals surface area contributed by atoms with Crippen molar-refractivity contribution >= 4 is 28.9 Å². The highest BCUT2D eigenvalue weighted by atomic mass is 32.1. The van der Waals surface area contributed by atoms with Crippen LogP contribution in [0.3, 0.4) is 0 Å². The molecule has 3 aromatic rings. The molecule has 0 spiro atoms. The first-order valence-corrected chi connectivity index (χ1v) is 10.4. The Balaban J connectivity index is 1.81. The van der Waals surface area contributed by atoms with Gasteiger partial charge in [-0.2, -0.15) is 0 Å². The minimum atomic E-state index is -1.08. The number of nitrogens with one attached hydrogen (secondary N) is 1. The first kappa shape index (κ1) is 20.1. The van der Waals surface area contributed by atoms with Crippen LogP contribution >= 0.6 is 11.3 Å². The van der Waals surface area contributed by atoms with Crippen LogP contribution in [0.1, 0.15) is 46.3 Å². The number of carbonyl (C=O) groups is 2. The van der Waals surface area contributed by atoms with Gasteiger partial charge in [0.2, 0.25) is 5.91 Å². The fraction of sp³-hybridized carbons (Fsp3) is 0.217. The Morgan fingerprint density at radius 2 is 1.83 bits per heavy atom. The molecule has 0 bridgehead atoms. The quantitative estimate of drug-likeness (QED) is 0.565. The Hall–Kier alpha value is -3.19. The van der Waals surface area contributed by atoms with Crippen LogP contribution in [-0.4, -0.2) is 23.1 Å². The molecule has 2 N–H and O–H groups in total. The van der Waals surface area contributed by atoms with Crippen molar-refractivity contribution in [3.8, 4) is 16.9 Å². The summed E-state index contributed by atoms with van der Waals surface area (Å²) >= 11 is 1.15. The number of benzene rings is 2. The Morgan fingerprint density at radius 3 is 2.43 bits per heavy atom. The van der Waals surface area contributed by atoms with Crippen LogP contribution < -0.4 is 10.1 Å². The molecule has 5 nitrogen and oxygen atoms in total. The lowest BCUT2D eigenvalue weighted by molar-refractivity contribution is -0.116. The van der Waals surface area contributed by atoms with Gasteiger partial charge >= 0.3 is 5.97 Å². The zero-order chi connectivity index (χ0) is 21.4. The van der Waals surface area contributed by atoms with Crippen molar-refractivity contribution in [2.45, 2.75) is 32.3 Å². The van der Waals surface area contributed by atoms with E-state index >= 15 is 0 Å². The molecule has 0 saturated heterocycles. The maximum atomic E-state index is 13.4. The van der Waals surface area contributed by atoms with Crippen LogP contribution in [0.5, 0.6) is 5.75 Å². The van der Waals surface area contributed by atoms with E-state index in [-0.39, 0.29) is 29.2 Å². The average molecular weight is 425 g/mol. The standard InChI is InChI=1S/C23H20FNO4S/c1-12(2)29-16-9-5-13(6-10-16)17-11-18(26)25-20-19(14-3-7-15(24)8-4-14)22(23(27)28)30-21(17)20/h3-10,12,17H,11H2,1-2H3,(H,25,26)(H,27,28)/t17-/m1/s1. The SMILES string of the molecule is CC(C)Oc1ccc([C@H]2CC(=O)Nc3c2sc(C(=O)O)c3-c2ccc(F)cc2)cc1. The van der Waals surface area contributed by atoms with Gasteiger partial charge < -0.3 is 15.2 Å². The average Bonchev–Trinajstić information content (AvgIpc) is 3.08.